The average molecular weight is 420 g/mol. The molecule has 0 spiro atoms. The van der Waals surface area contributed by atoms with E-state index in [1.807, 2.05) is 13.8 Å². The molecule has 5 nitrogen and oxygen atoms in total. The number of hydrogen-bond donors (Lipinski definition) is 1. The van der Waals surface area contributed by atoms with Crippen molar-refractivity contribution >= 4 is 45.4 Å². The van der Waals surface area contributed by atoms with E-state index in [4.69, 9.17) is 27.7 Å². The van der Waals surface area contributed by atoms with Crippen LogP contribution in [0.4, 0.5) is 5.00 Å². The first kappa shape index (κ1) is 19.4. The van der Waals surface area contributed by atoms with E-state index in [1.165, 1.54) is 11.3 Å². The van der Waals surface area contributed by atoms with Crippen LogP contribution in [0.2, 0.25) is 10.0 Å². The zero-order chi connectivity index (χ0) is 19.7. The maximum absolute atomic E-state index is 13.0. The van der Waals surface area contributed by atoms with Crippen molar-refractivity contribution in [2.24, 2.45) is 0 Å². The highest BCUT2D eigenvalue weighted by molar-refractivity contribution is 7.16. The number of halogens is 2. The number of amides is 1. The Balaban J connectivity index is 2.06. The van der Waals surface area contributed by atoms with E-state index in [0.717, 1.165) is 10.4 Å². The van der Waals surface area contributed by atoms with Gasteiger partial charge in [0.15, 0.2) is 0 Å². The van der Waals surface area contributed by atoms with Crippen molar-refractivity contribution in [1.82, 2.24) is 5.16 Å². The summed E-state index contributed by atoms with van der Waals surface area (Å²) in [5.74, 6) is -0.0962. The smallest absolute Gasteiger partial charge is 0.262 e. The fraction of sp³-hybridized carbons (Fsp3) is 0.211. The van der Waals surface area contributed by atoms with E-state index in [2.05, 4.69) is 16.5 Å². The minimum atomic E-state index is -0.430. The maximum Gasteiger partial charge on any atom is 0.262 e. The first-order valence-corrected chi connectivity index (χ1v) is 9.70. The van der Waals surface area contributed by atoms with Crippen LogP contribution in [-0.2, 0) is 6.42 Å². The molecule has 0 radical (unpaired) electrons. The first-order valence-electron chi connectivity index (χ1n) is 8.13. The van der Waals surface area contributed by atoms with Gasteiger partial charge in [-0.3, -0.25) is 4.79 Å². The van der Waals surface area contributed by atoms with Crippen molar-refractivity contribution in [1.29, 1.82) is 5.26 Å². The Kier molecular flexibility index (Phi) is 5.56. The molecule has 2 aromatic heterocycles. The number of nitriles is 1. The van der Waals surface area contributed by atoms with Crippen LogP contribution in [-0.4, -0.2) is 11.1 Å². The molecule has 0 atom stereocenters. The molecule has 27 heavy (non-hydrogen) atoms. The zero-order valence-electron chi connectivity index (χ0n) is 14.8. The third-order valence-electron chi connectivity index (χ3n) is 4.19. The highest BCUT2D eigenvalue weighted by atomic mass is 35.5. The molecular formula is C19H15Cl2N3O2S. The van der Waals surface area contributed by atoms with Gasteiger partial charge in [-0.2, -0.15) is 5.26 Å². The first-order chi connectivity index (χ1) is 12.9. The minimum absolute atomic E-state index is 0.234. The molecule has 1 amide bonds. The highest BCUT2D eigenvalue weighted by Gasteiger charge is 2.26. The third-order valence-corrected chi connectivity index (χ3v) is 5.88. The third kappa shape index (κ3) is 3.46. The lowest BCUT2D eigenvalue weighted by Crippen LogP contribution is -2.13. The summed E-state index contributed by atoms with van der Waals surface area (Å²) in [6.07, 6.45) is 0.716. The number of rotatable bonds is 4. The van der Waals surface area contributed by atoms with Crippen molar-refractivity contribution in [2.75, 3.05) is 5.32 Å². The van der Waals surface area contributed by atoms with Gasteiger partial charge in [-0.25, -0.2) is 0 Å². The largest absolute Gasteiger partial charge is 0.360 e. The predicted molar refractivity (Wildman–Crippen MR) is 108 cm³/mol. The monoisotopic (exact) mass is 419 g/mol. The van der Waals surface area contributed by atoms with Crippen LogP contribution in [0.3, 0.4) is 0 Å². The van der Waals surface area contributed by atoms with E-state index in [-0.39, 0.29) is 11.3 Å². The SMILES string of the molecule is CCc1c(C)sc(NC(=O)c2c(-c3c(Cl)cccc3Cl)noc2C)c1C#N. The number of aromatic nitrogens is 1. The zero-order valence-corrected chi connectivity index (χ0v) is 17.1. The lowest BCUT2D eigenvalue weighted by Gasteiger charge is -2.07. The number of nitrogens with one attached hydrogen (secondary N) is 1. The molecular weight excluding hydrogens is 405 g/mol. The van der Waals surface area contributed by atoms with E-state index < -0.39 is 5.91 Å². The summed E-state index contributed by atoms with van der Waals surface area (Å²) in [5, 5.41) is 17.5. The maximum atomic E-state index is 13.0. The van der Waals surface area contributed by atoms with Crippen LogP contribution in [0.5, 0.6) is 0 Å². The number of thiophene rings is 1. The molecule has 0 aliphatic heterocycles. The Bertz CT molecular complexity index is 1060. The van der Waals surface area contributed by atoms with Gasteiger partial charge in [0, 0.05) is 10.4 Å². The number of carbonyl (C=O) groups excluding carboxylic acids is 1. The highest BCUT2D eigenvalue weighted by Crippen LogP contribution is 2.38. The van der Waals surface area contributed by atoms with Gasteiger partial charge < -0.3 is 9.84 Å². The van der Waals surface area contributed by atoms with Gasteiger partial charge in [0.05, 0.1) is 15.6 Å². The fourth-order valence-electron chi connectivity index (χ4n) is 2.91. The van der Waals surface area contributed by atoms with Gasteiger partial charge in [0.2, 0.25) is 0 Å². The molecule has 138 valence electrons. The van der Waals surface area contributed by atoms with Crippen molar-refractivity contribution in [3.63, 3.8) is 0 Å². The van der Waals surface area contributed by atoms with Gasteiger partial charge >= 0.3 is 0 Å². The van der Waals surface area contributed by atoms with Crippen LogP contribution in [0.25, 0.3) is 11.3 Å². The predicted octanol–water partition coefficient (Wildman–Crippen LogP) is 6.01. The van der Waals surface area contributed by atoms with Crippen molar-refractivity contribution in [3.8, 4) is 17.3 Å². The molecule has 0 saturated carbocycles. The van der Waals surface area contributed by atoms with Crippen molar-refractivity contribution < 1.29 is 9.32 Å². The normalized spacial score (nSPS) is 10.7. The molecule has 3 rings (SSSR count). The Morgan fingerprint density at radius 1 is 1.33 bits per heavy atom. The van der Waals surface area contributed by atoms with E-state index >= 15 is 0 Å². The Hall–Kier alpha value is -2.33. The van der Waals surface area contributed by atoms with Crippen molar-refractivity contribution in [2.45, 2.75) is 27.2 Å². The second-order valence-corrected chi connectivity index (χ2v) is 7.86. The molecule has 0 bridgehead atoms. The van der Waals surface area contributed by atoms with Gasteiger partial charge in [-0.1, -0.05) is 41.3 Å². The average Bonchev–Trinajstić information content (AvgIpc) is 3.14. The second kappa shape index (κ2) is 7.73. The second-order valence-electron chi connectivity index (χ2n) is 5.82. The van der Waals surface area contributed by atoms with Gasteiger partial charge in [0.25, 0.3) is 5.91 Å². The standard InChI is InChI=1S/C19H15Cl2N3O2S/c1-4-11-10(3)27-19(12(11)8-22)23-18(25)15-9(2)26-24-17(15)16-13(20)6-5-7-14(16)21/h5-7H,4H2,1-3H3,(H,23,25). The van der Waals surface area contributed by atoms with Crippen molar-refractivity contribution in [3.05, 3.63) is 55.6 Å². The van der Waals surface area contributed by atoms with E-state index in [1.54, 1.807) is 25.1 Å². The molecule has 0 aliphatic rings. The Labute approximate surface area is 170 Å². The Morgan fingerprint density at radius 3 is 2.59 bits per heavy atom. The topological polar surface area (TPSA) is 78.9 Å². The molecule has 2 heterocycles. The lowest BCUT2D eigenvalue weighted by molar-refractivity contribution is 0.102. The summed E-state index contributed by atoms with van der Waals surface area (Å²) in [6, 6.07) is 7.22. The lowest BCUT2D eigenvalue weighted by atomic mass is 10.1. The van der Waals surface area contributed by atoms with Gasteiger partial charge in [-0.05, 0) is 38.0 Å². The number of hydrogen-bond acceptors (Lipinski definition) is 5. The number of benzene rings is 1. The summed E-state index contributed by atoms with van der Waals surface area (Å²) >= 11 is 13.9. The van der Waals surface area contributed by atoms with Crippen LogP contribution in [0.15, 0.2) is 22.7 Å². The molecule has 1 aromatic carbocycles. The summed E-state index contributed by atoms with van der Waals surface area (Å²) in [4.78, 5) is 14.0. The molecule has 0 aliphatic carbocycles. The number of anilines is 1. The van der Waals surface area contributed by atoms with E-state index in [0.29, 0.717) is 38.4 Å². The summed E-state index contributed by atoms with van der Waals surface area (Å²) < 4.78 is 5.24. The summed E-state index contributed by atoms with van der Waals surface area (Å²) in [6.45, 7) is 5.54. The van der Waals surface area contributed by atoms with Crippen LogP contribution in [0.1, 0.15) is 39.0 Å². The number of carbonyl (C=O) groups is 1. The van der Waals surface area contributed by atoms with Gasteiger partial charge in [0.1, 0.15) is 28.1 Å². The van der Waals surface area contributed by atoms with Gasteiger partial charge in [-0.15, -0.1) is 11.3 Å². The summed E-state index contributed by atoms with van der Waals surface area (Å²) in [5.41, 5.74) is 2.36. The number of nitrogens with zero attached hydrogens (tertiary/aromatic N) is 2. The quantitative estimate of drug-likeness (QED) is 0.560. The Morgan fingerprint density at radius 2 is 2.00 bits per heavy atom. The van der Waals surface area contributed by atoms with Crippen LogP contribution in [0, 0.1) is 25.2 Å². The summed E-state index contributed by atoms with van der Waals surface area (Å²) in [7, 11) is 0. The fourth-order valence-corrected chi connectivity index (χ4v) is 4.58. The molecule has 0 saturated heterocycles. The molecule has 3 aromatic rings. The molecule has 8 heteroatoms. The number of aryl methyl sites for hydroxylation is 2. The van der Waals surface area contributed by atoms with Crippen LogP contribution >= 0.6 is 34.5 Å². The molecule has 1 N–H and O–H groups in total. The van der Waals surface area contributed by atoms with Crippen LogP contribution < -0.4 is 5.32 Å². The molecule has 0 fully saturated rings. The van der Waals surface area contributed by atoms with E-state index in [9.17, 15) is 10.1 Å². The minimum Gasteiger partial charge on any atom is -0.360 e. The molecule has 0 unspecified atom stereocenters.